The van der Waals surface area contributed by atoms with Crippen LogP contribution >= 0.6 is 0 Å². The monoisotopic (exact) mass is 217 g/mol. The average molecular weight is 217 g/mol. The first-order chi connectivity index (χ1) is 7.72. The lowest BCUT2D eigenvalue weighted by atomic mass is 10.2. The van der Waals surface area contributed by atoms with Crippen LogP contribution in [0.4, 0.5) is 0 Å². The van der Waals surface area contributed by atoms with Gasteiger partial charge in [-0.3, -0.25) is 4.79 Å². The number of aldehydes is 1. The van der Waals surface area contributed by atoms with Crippen molar-refractivity contribution in [2.45, 2.75) is 13.0 Å². The van der Waals surface area contributed by atoms with Gasteiger partial charge in [0.05, 0.1) is 17.5 Å². The molecule has 0 aromatic carbocycles. The molecule has 0 spiro atoms. The number of hydrogen-bond donors (Lipinski definition) is 1. The zero-order chi connectivity index (χ0) is 11.5. The minimum absolute atomic E-state index is 0.298. The Labute approximate surface area is 92.4 Å². The third-order valence-corrected chi connectivity index (χ3v) is 2.19. The second kappa shape index (κ2) is 4.24. The van der Waals surface area contributed by atoms with Gasteiger partial charge in [-0.15, -0.1) is 0 Å². The Bertz CT molecular complexity index is 492. The number of hydrogen-bond acceptors (Lipinski definition) is 4. The number of nitrogens with zero attached hydrogens (tertiary/aromatic N) is 3. The summed E-state index contributed by atoms with van der Waals surface area (Å²) in [6.07, 6.45) is 3.29. The van der Waals surface area contributed by atoms with Gasteiger partial charge in [0.25, 0.3) is 0 Å². The van der Waals surface area contributed by atoms with E-state index >= 15 is 0 Å². The second-order valence-electron chi connectivity index (χ2n) is 3.38. The van der Waals surface area contributed by atoms with Gasteiger partial charge in [0.15, 0.2) is 6.29 Å². The lowest BCUT2D eigenvalue weighted by molar-refractivity contribution is 0.111. The molecule has 2 aromatic rings. The van der Waals surface area contributed by atoms with E-state index < -0.39 is 6.10 Å². The SMILES string of the molecule is CC(O)c1nc(C=O)ccc1-n1cccn1. The minimum Gasteiger partial charge on any atom is -0.387 e. The molecular formula is C11H11N3O2. The molecule has 0 radical (unpaired) electrons. The van der Waals surface area contributed by atoms with E-state index in [0.717, 1.165) is 0 Å². The maximum absolute atomic E-state index is 10.6. The van der Waals surface area contributed by atoms with Crippen molar-refractivity contribution in [1.29, 1.82) is 0 Å². The van der Waals surface area contributed by atoms with Gasteiger partial charge in [-0.1, -0.05) is 0 Å². The van der Waals surface area contributed by atoms with Crippen molar-refractivity contribution >= 4 is 6.29 Å². The summed E-state index contributed by atoms with van der Waals surface area (Å²) >= 11 is 0. The average Bonchev–Trinajstić information content (AvgIpc) is 2.81. The van der Waals surface area contributed by atoms with E-state index in [1.807, 2.05) is 0 Å². The van der Waals surface area contributed by atoms with Crippen molar-refractivity contribution < 1.29 is 9.90 Å². The Morgan fingerprint density at radius 2 is 2.31 bits per heavy atom. The van der Waals surface area contributed by atoms with Gasteiger partial charge >= 0.3 is 0 Å². The quantitative estimate of drug-likeness (QED) is 0.782. The second-order valence-corrected chi connectivity index (χ2v) is 3.38. The van der Waals surface area contributed by atoms with Crippen molar-refractivity contribution in [3.05, 3.63) is 42.0 Å². The molecule has 1 unspecified atom stereocenters. The molecule has 5 heteroatoms. The molecule has 2 aromatic heterocycles. The third-order valence-electron chi connectivity index (χ3n) is 2.19. The van der Waals surface area contributed by atoms with E-state index in [2.05, 4.69) is 10.1 Å². The maximum Gasteiger partial charge on any atom is 0.168 e. The van der Waals surface area contributed by atoms with Crippen molar-refractivity contribution in [2.24, 2.45) is 0 Å². The molecule has 0 aliphatic heterocycles. The summed E-state index contributed by atoms with van der Waals surface area (Å²) in [5, 5.41) is 13.7. The molecule has 1 atom stereocenters. The first-order valence-electron chi connectivity index (χ1n) is 4.86. The summed E-state index contributed by atoms with van der Waals surface area (Å²) in [5.41, 5.74) is 1.41. The highest BCUT2D eigenvalue weighted by Gasteiger charge is 2.12. The summed E-state index contributed by atoms with van der Waals surface area (Å²) < 4.78 is 1.60. The van der Waals surface area contributed by atoms with E-state index in [9.17, 15) is 9.90 Å². The van der Waals surface area contributed by atoms with Crippen molar-refractivity contribution in [2.75, 3.05) is 0 Å². The van der Waals surface area contributed by atoms with Crippen LogP contribution < -0.4 is 0 Å². The highest BCUT2D eigenvalue weighted by Crippen LogP contribution is 2.18. The summed E-state index contributed by atoms with van der Waals surface area (Å²) in [7, 11) is 0. The summed E-state index contributed by atoms with van der Waals surface area (Å²) in [5.74, 6) is 0. The molecule has 0 fully saturated rings. The van der Waals surface area contributed by atoms with E-state index in [1.54, 1.807) is 42.2 Å². The predicted molar refractivity (Wildman–Crippen MR) is 57.4 cm³/mol. The predicted octanol–water partition coefficient (Wildman–Crippen LogP) is 1.13. The number of aliphatic hydroxyl groups is 1. The van der Waals surface area contributed by atoms with Crippen LogP contribution in [-0.4, -0.2) is 26.2 Å². The van der Waals surface area contributed by atoms with Gasteiger partial charge in [-0.25, -0.2) is 9.67 Å². The van der Waals surface area contributed by atoms with E-state index in [1.165, 1.54) is 0 Å². The Kier molecular flexibility index (Phi) is 2.78. The van der Waals surface area contributed by atoms with Crippen molar-refractivity contribution in [3.63, 3.8) is 0 Å². The molecule has 16 heavy (non-hydrogen) atoms. The highest BCUT2D eigenvalue weighted by atomic mass is 16.3. The maximum atomic E-state index is 10.6. The fourth-order valence-corrected chi connectivity index (χ4v) is 1.46. The van der Waals surface area contributed by atoms with Gasteiger partial charge in [-0.2, -0.15) is 5.10 Å². The third kappa shape index (κ3) is 1.85. The van der Waals surface area contributed by atoms with Gasteiger partial charge in [-0.05, 0) is 25.1 Å². The number of carbonyl (C=O) groups is 1. The van der Waals surface area contributed by atoms with Gasteiger partial charge in [0.1, 0.15) is 5.69 Å². The zero-order valence-corrected chi connectivity index (χ0v) is 8.74. The smallest absolute Gasteiger partial charge is 0.168 e. The lowest BCUT2D eigenvalue weighted by Crippen LogP contribution is -2.07. The van der Waals surface area contributed by atoms with E-state index in [4.69, 9.17) is 0 Å². The fourth-order valence-electron chi connectivity index (χ4n) is 1.46. The van der Waals surface area contributed by atoms with Gasteiger partial charge in [0, 0.05) is 12.4 Å². The molecule has 0 aliphatic rings. The van der Waals surface area contributed by atoms with Crippen LogP contribution in [0, 0.1) is 0 Å². The normalized spacial score (nSPS) is 12.4. The molecule has 82 valence electrons. The lowest BCUT2D eigenvalue weighted by Gasteiger charge is -2.11. The molecule has 0 saturated carbocycles. The number of aromatic nitrogens is 3. The molecule has 2 heterocycles. The first kappa shape index (κ1) is 10.5. The van der Waals surface area contributed by atoms with Crippen molar-refractivity contribution in [3.8, 4) is 5.69 Å². The number of pyridine rings is 1. The summed E-state index contributed by atoms with van der Waals surface area (Å²) in [6, 6.07) is 5.08. The molecule has 0 bridgehead atoms. The molecule has 5 nitrogen and oxygen atoms in total. The van der Waals surface area contributed by atoms with Gasteiger partial charge < -0.3 is 5.11 Å². The molecular weight excluding hydrogens is 206 g/mol. The standard InChI is InChI=1S/C11H11N3O2/c1-8(16)11-10(14-6-2-5-12-14)4-3-9(7-15)13-11/h2-8,16H,1H3. The number of carbonyl (C=O) groups excluding carboxylic acids is 1. The first-order valence-corrected chi connectivity index (χ1v) is 4.86. The Morgan fingerprint density at radius 3 is 2.88 bits per heavy atom. The Balaban J connectivity index is 2.57. The molecule has 2 rings (SSSR count). The molecule has 1 N–H and O–H groups in total. The Morgan fingerprint density at radius 1 is 1.50 bits per heavy atom. The number of aliphatic hydroxyl groups excluding tert-OH is 1. The zero-order valence-electron chi connectivity index (χ0n) is 8.74. The fraction of sp³-hybridized carbons (Fsp3) is 0.182. The topological polar surface area (TPSA) is 68.0 Å². The van der Waals surface area contributed by atoms with Crippen LogP contribution in [0.3, 0.4) is 0 Å². The van der Waals surface area contributed by atoms with Gasteiger partial charge in [0.2, 0.25) is 0 Å². The summed E-state index contributed by atoms with van der Waals surface area (Å²) in [6.45, 7) is 1.60. The van der Waals surface area contributed by atoms with Crippen molar-refractivity contribution in [1.82, 2.24) is 14.8 Å². The molecule has 0 aliphatic carbocycles. The van der Waals surface area contributed by atoms with E-state index in [0.29, 0.717) is 23.4 Å². The summed E-state index contributed by atoms with van der Waals surface area (Å²) in [4.78, 5) is 14.7. The molecule has 0 saturated heterocycles. The highest BCUT2D eigenvalue weighted by molar-refractivity contribution is 5.72. The largest absolute Gasteiger partial charge is 0.387 e. The Hall–Kier alpha value is -2.01. The number of rotatable bonds is 3. The van der Waals surface area contributed by atoms with Crippen LogP contribution in [0.25, 0.3) is 5.69 Å². The van der Waals surface area contributed by atoms with Crippen LogP contribution in [-0.2, 0) is 0 Å². The van der Waals surface area contributed by atoms with Crippen LogP contribution in [0.5, 0.6) is 0 Å². The van der Waals surface area contributed by atoms with E-state index in [-0.39, 0.29) is 0 Å². The minimum atomic E-state index is -0.751. The van der Waals surface area contributed by atoms with Crippen LogP contribution in [0.1, 0.15) is 29.2 Å². The molecule has 0 amide bonds. The van der Waals surface area contributed by atoms with Crippen LogP contribution in [0.15, 0.2) is 30.6 Å². The van der Waals surface area contributed by atoms with Crippen LogP contribution in [0.2, 0.25) is 0 Å².